The van der Waals surface area contributed by atoms with Gasteiger partial charge in [-0.2, -0.15) is 10.3 Å². The van der Waals surface area contributed by atoms with Gasteiger partial charge in [-0.25, -0.2) is 9.97 Å². The Kier molecular flexibility index (Phi) is 3.31. The largest absolute Gasteiger partial charge is 0.364 e. The summed E-state index contributed by atoms with van der Waals surface area (Å²) in [5, 5.41) is 15.1. The molecule has 0 saturated heterocycles. The number of anilines is 1. The third-order valence-corrected chi connectivity index (χ3v) is 4.19. The molecule has 0 radical (unpaired) electrons. The molecule has 5 heterocycles. The summed E-state index contributed by atoms with van der Waals surface area (Å²) in [5.41, 5.74) is 5.07. The van der Waals surface area contributed by atoms with Crippen LogP contribution < -0.4 is 5.32 Å². The second-order valence-corrected chi connectivity index (χ2v) is 5.86. The first kappa shape index (κ1) is 14.5. The molecule has 0 atom stereocenters. The maximum absolute atomic E-state index is 4.64. The van der Waals surface area contributed by atoms with Crippen LogP contribution in [-0.2, 0) is 6.54 Å². The van der Waals surface area contributed by atoms with E-state index in [-0.39, 0.29) is 0 Å². The van der Waals surface area contributed by atoms with Gasteiger partial charge in [-0.05, 0) is 35.9 Å². The summed E-state index contributed by atoms with van der Waals surface area (Å²) in [6.07, 6.45) is 5.46. The number of aromatic amines is 2. The highest BCUT2D eigenvalue weighted by Gasteiger charge is 2.11. The van der Waals surface area contributed by atoms with Crippen molar-refractivity contribution in [1.29, 1.82) is 0 Å². The van der Waals surface area contributed by atoms with Gasteiger partial charge < -0.3 is 10.3 Å². The lowest BCUT2D eigenvalue weighted by Crippen LogP contribution is -2.03. The van der Waals surface area contributed by atoms with E-state index in [0.29, 0.717) is 12.2 Å². The number of aromatic nitrogens is 7. The smallest absolute Gasteiger partial charge is 0.201 e. The fourth-order valence-corrected chi connectivity index (χ4v) is 2.94. The lowest BCUT2D eigenvalue weighted by atomic mass is 10.1. The van der Waals surface area contributed by atoms with Crippen LogP contribution in [-0.4, -0.2) is 35.3 Å². The van der Waals surface area contributed by atoms with Crippen molar-refractivity contribution in [3.63, 3.8) is 0 Å². The molecule has 0 saturated carbocycles. The molecule has 5 rings (SSSR count). The summed E-state index contributed by atoms with van der Waals surface area (Å²) in [6.45, 7) is 0.597. The van der Waals surface area contributed by atoms with Crippen LogP contribution in [0.5, 0.6) is 0 Å². The van der Waals surface area contributed by atoms with Crippen molar-refractivity contribution < 1.29 is 0 Å². The first-order valence-electron chi connectivity index (χ1n) is 8.16. The number of nitrogens with one attached hydrogen (secondary N) is 3. The lowest BCUT2D eigenvalue weighted by Gasteiger charge is -2.09. The molecule has 0 fully saturated rings. The van der Waals surface area contributed by atoms with E-state index < -0.39 is 0 Å². The average molecular weight is 342 g/mol. The molecule has 5 aromatic heterocycles. The van der Waals surface area contributed by atoms with Gasteiger partial charge >= 0.3 is 0 Å². The molecule has 8 nitrogen and oxygen atoms in total. The topological polar surface area (TPSA) is 108 Å². The number of nitrogens with zero attached hydrogens (tertiary/aromatic N) is 5. The molecule has 26 heavy (non-hydrogen) atoms. The van der Waals surface area contributed by atoms with Crippen LogP contribution >= 0.6 is 0 Å². The highest BCUT2D eigenvalue weighted by molar-refractivity contribution is 5.95. The Hall–Kier alpha value is -3.81. The third-order valence-electron chi connectivity index (χ3n) is 4.19. The minimum Gasteiger partial charge on any atom is -0.364 e. The van der Waals surface area contributed by atoms with Crippen LogP contribution in [0.25, 0.3) is 33.3 Å². The van der Waals surface area contributed by atoms with Crippen LogP contribution in [0.1, 0.15) is 5.69 Å². The normalized spacial score (nSPS) is 11.2. The van der Waals surface area contributed by atoms with E-state index >= 15 is 0 Å². The van der Waals surface area contributed by atoms with Gasteiger partial charge in [0, 0.05) is 29.5 Å². The minimum atomic E-state index is 0.597. The lowest BCUT2D eigenvalue weighted by molar-refractivity contribution is 0.954. The Bertz CT molecular complexity index is 1190. The zero-order valence-electron chi connectivity index (χ0n) is 13.6. The first-order valence-corrected chi connectivity index (χ1v) is 8.16. The van der Waals surface area contributed by atoms with Crippen molar-refractivity contribution in [3.05, 3.63) is 60.7 Å². The molecule has 0 aliphatic heterocycles. The van der Waals surface area contributed by atoms with E-state index in [0.717, 1.165) is 39.2 Å². The predicted octanol–water partition coefficient (Wildman–Crippen LogP) is 2.90. The van der Waals surface area contributed by atoms with Crippen LogP contribution in [0.4, 0.5) is 5.82 Å². The highest BCUT2D eigenvalue weighted by Crippen LogP contribution is 2.30. The van der Waals surface area contributed by atoms with Gasteiger partial charge in [0.2, 0.25) is 5.65 Å². The minimum absolute atomic E-state index is 0.597. The van der Waals surface area contributed by atoms with Gasteiger partial charge in [0.05, 0.1) is 12.2 Å². The van der Waals surface area contributed by atoms with Crippen LogP contribution in [0, 0.1) is 0 Å². The quantitative estimate of drug-likeness (QED) is 0.463. The van der Waals surface area contributed by atoms with E-state index in [1.54, 1.807) is 12.4 Å². The number of H-pyrrole nitrogens is 2. The van der Waals surface area contributed by atoms with Crippen molar-refractivity contribution in [2.24, 2.45) is 0 Å². The highest BCUT2D eigenvalue weighted by atomic mass is 15.3. The van der Waals surface area contributed by atoms with Crippen LogP contribution in [0.3, 0.4) is 0 Å². The van der Waals surface area contributed by atoms with Gasteiger partial charge in [-0.15, -0.1) is 5.10 Å². The summed E-state index contributed by atoms with van der Waals surface area (Å²) in [6, 6.07) is 11.8. The van der Waals surface area contributed by atoms with Crippen molar-refractivity contribution >= 4 is 28.0 Å². The SMILES string of the molecule is c1ccc(CNc2cc(-c3cnc4n[nH]nc4c3)c3cc[nH]c3n2)nc1. The molecule has 8 heteroatoms. The first-order chi connectivity index (χ1) is 12.9. The van der Waals surface area contributed by atoms with Crippen molar-refractivity contribution in [2.75, 3.05) is 5.32 Å². The van der Waals surface area contributed by atoms with Crippen molar-refractivity contribution in [2.45, 2.75) is 6.54 Å². The number of hydrogen-bond donors (Lipinski definition) is 3. The van der Waals surface area contributed by atoms with E-state index in [1.165, 1.54) is 0 Å². The second-order valence-electron chi connectivity index (χ2n) is 5.86. The number of fused-ring (bicyclic) bond motifs is 2. The monoisotopic (exact) mass is 342 g/mol. The van der Waals surface area contributed by atoms with Gasteiger partial charge in [0.25, 0.3) is 0 Å². The Morgan fingerprint density at radius 1 is 1.04 bits per heavy atom. The van der Waals surface area contributed by atoms with E-state index in [2.05, 4.69) is 40.7 Å². The summed E-state index contributed by atoms with van der Waals surface area (Å²) in [4.78, 5) is 16.5. The number of rotatable bonds is 4. The summed E-state index contributed by atoms with van der Waals surface area (Å²) in [5.74, 6) is 0.765. The number of pyridine rings is 3. The van der Waals surface area contributed by atoms with Crippen LogP contribution in [0.2, 0.25) is 0 Å². The third kappa shape index (κ3) is 2.53. The molecule has 0 spiro atoms. The molecule has 0 amide bonds. The molecule has 5 aromatic rings. The van der Waals surface area contributed by atoms with E-state index in [9.17, 15) is 0 Å². The van der Waals surface area contributed by atoms with Gasteiger partial charge in [-0.1, -0.05) is 6.07 Å². The maximum Gasteiger partial charge on any atom is 0.201 e. The van der Waals surface area contributed by atoms with E-state index in [4.69, 9.17) is 0 Å². The van der Waals surface area contributed by atoms with E-state index in [1.807, 2.05) is 42.6 Å². The fourth-order valence-electron chi connectivity index (χ4n) is 2.94. The Labute approximate surface area is 147 Å². The molecule has 3 N–H and O–H groups in total. The van der Waals surface area contributed by atoms with Gasteiger partial charge in [-0.3, -0.25) is 4.98 Å². The maximum atomic E-state index is 4.64. The second kappa shape index (κ2) is 5.92. The van der Waals surface area contributed by atoms with Gasteiger partial charge in [0.1, 0.15) is 17.0 Å². The van der Waals surface area contributed by atoms with Crippen LogP contribution in [0.15, 0.2) is 55.0 Å². The average Bonchev–Trinajstić information content (AvgIpc) is 3.35. The zero-order chi connectivity index (χ0) is 17.3. The zero-order valence-corrected chi connectivity index (χ0v) is 13.6. The molecule has 0 unspecified atom stereocenters. The van der Waals surface area contributed by atoms with Crippen molar-refractivity contribution in [1.82, 2.24) is 35.3 Å². The Balaban J connectivity index is 1.56. The standard InChI is InChI=1S/C18H14N8/c1-2-5-19-12(3-1)10-21-16-8-14(13-4-6-20-17(13)23-16)11-7-15-18(22-9-11)25-26-24-15/h1-9H,10H2,(H2,20,21,23)(H,22,24,25,26). The fraction of sp³-hybridized carbons (Fsp3) is 0.0556. The van der Waals surface area contributed by atoms with Gasteiger partial charge in [0.15, 0.2) is 0 Å². The van der Waals surface area contributed by atoms with Crippen molar-refractivity contribution in [3.8, 4) is 11.1 Å². The summed E-state index contributed by atoms with van der Waals surface area (Å²) in [7, 11) is 0. The molecule has 0 aliphatic carbocycles. The Morgan fingerprint density at radius 2 is 2.04 bits per heavy atom. The molecule has 126 valence electrons. The summed E-state index contributed by atoms with van der Waals surface area (Å²) < 4.78 is 0. The molecule has 0 aromatic carbocycles. The predicted molar refractivity (Wildman–Crippen MR) is 98.3 cm³/mol. The molecular weight excluding hydrogens is 328 g/mol. The molecule has 0 aliphatic rings. The number of hydrogen-bond acceptors (Lipinski definition) is 6. The molecule has 0 bridgehead atoms. The molecular formula is C18H14N8. The summed E-state index contributed by atoms with van der Waals surface area (Å²) >= 11 is 0. The Morgan fingerprint density at radius 3 is 2.96 bits per heavy atom.